The van der Waals surface area contributed by atoms with Crippen LogP contribution < -0.4 is 11.1 Å². The van der Waals surface area contributed by atoms with Gasteiger partial charge in [-0.2, -0.15) is 0 Å². The Morgan fingerprint density at radius 1 is 1.33 bits per heavy atom. The van der Waals surface area contributed by atoms with Gasteiger partial charge in [0.05, 0.1) is 0 Å². The number of benzene rings is 1. The molecule has 3 N–H and O–H groups in total. The summed E-state index contributed by atoms with van der Waals surface area (Å²) < 4.78 is 0. The Morgan fingerprint density at radius 3 is 2.76 bits per heavy atom. The highest BCUT2D eigenvalue weighted by atomic mass is 16.1. The Labute approximate surface area is 127 Å². The van der Waals surface area contributed by atoms with Gasteiger partial charge in [0.25, 0.3) is 5.91 Å². The van der Waals surface area contributed by atoms with Crippen LogP contribution in [0.15, 0.2) is 18.2 Å². The Morgan fingerprint density at radius 2 is 2.05 bits per heavy atom. The van der Waals surface area contributed by atoms with E-state index in [9.17, 15) is 4.79 Å². The Bertz CT molecular complexity index is 481. The first-order valence-electron chi connectivity index (χ1n) is 7.93. The highest BCUT2D eigenvalue weighted by Crippen LogP contribution is 2.13. The minimum absolute atomic E-state index is 0.0229. The zero-order valence-corrected chi connectivity index (χ0v) is 13.2. The molecule has 1 fully saturated rings. The summed E-state index contributed by atoms with van der Waals surface area (Å²) in [6, 6.07) is 5.46. The number of piperidine rings is 1. The van der Waals surface area contributed by atoms with E-state index in [1.165, 1.54) is 32.4 Å². The lowest BCUT2D eigenvalue weighted by molar-refractivity contribution is 0.0942. The number of hydrogen-bond acceptors (Lipinski definition) is 3. The van der Waals surface area contributed by atoms with Crippen molar-refractivity contribution in [3.63, 3.8) is 0 Å². The van der Waals surface area contributed by atoms with Crippen molar-refractivity contribution in [2.24, 2.45) is 5.92 Å². The molecule has 0 radical (unpaired) electrons. The van der Waals surface area contributed by atoms with Crippen molar-refractivity contribution in [3.8, 4) is 0 Å². The number of hydrogen-bond donors (Lipinski definition) is 2. The molecule has 0 spiro atoms. The van der Waals surface area contributed by atoms with Crippen molar-refractivity contribution in [2.45, 2.75) is 33.1 Å². The van der Waals surface area contributed by atoms with Gasteiger partial charge in [-0.25, -0.2) is 0 Å². The molecule has 1 atom stereocenters. The summed E-state index contributed by atoms with van der Waals surface area (Å²) in [6.45, 7) is 8.31. The van der Waals surface area contributed by atoms with E-state index in [1.807, 2.05) is 19.1 Å². The maximum Gasteiger partial charge on any atom is 0.251 e. The molecule has 1 aliphatic heterocycles. The van der Waals surface area contributed by atoms with Gasteiger partial charge in [0.2, 0.25) is 0 Å². The zero-order chi connectivity index (χ0) is 15.2. The summed E-state index contributed by atoms with van der Waals surface area (Å²) in [5, 5.41) is 3.04. The van der Waals surface area contributed by atoms with E-state index in [0.29, 0.717) is 23.7 Å². The van der Waals surface area contributed by atoms with Crippen LogP contribution in [-0.4, -0.2) is 37.0 Å². The van der Waals surface area contributed by atoms with Crippen LogP contribution in [0.3, 0.4) is 0 Å². The quantitative estimate of drug-likeness (QED) is 0.819. The van der Waals surface area contributed by atoms with Crippen LogP contribution in [0.2, 0.25) is 0 Å². The number of aryl methyl sites for hydroxylation is 1. The maximum absolute atomic E-state index is 12.2. The zero-order valence-electron chi connectivity index (χ0n) is 13.2. The summed E-state index contributed by atoms with van der Waals surface area (Å²) in [7, 11) is 0. The van der Waals surface area contributed by atoms with E-state index in [4.69, 9.17) is 5.73 Å². The molecule has 4 heteroatoms. The minimum Gasteiger partial charge on any atom is -0.399 e. The minimum atomic E-state index is -0.0229. The molecular weight excluding hydrogens is 262 g/mol. The monoisotopic (exact) mass is 289 g/mol. The van der Waals surface area contributed by atoms with Gasteiger partial charge in [-0.15, -0.1) is 0 Å². The maximum atomic E-state index is 12.2. The van der Waals surface area contributed by atoms with E-state index < -0.39 is 0 Å². The van der Waals surface area contributed by atoms with Gasteiger partial charge in [0, 0.05) is 24.3 Å². The number of nitrogens with one attached hydrogen (secondary N) is 1. The van der Waals surface area contributed by atoms with Crippen LogP contribution in [0.25, 0.3) is 0 Å². The molecule has 1 unspecified atom stereocenters. The van der Waals surface area contributed by atoms with E-state index in [-0.39, 0.29) is 5.91 Å². The molecule has 21 heavy (non-hydrogen) atoms. The summed E-state index contributed by atoms with van der Waals surface area (Å²) in [4.78, 5) is 14.7. The van der Waals surface area contributed by atoms with E-state index in [0.717, 1.165) is 12.1 Å². The molecule has 1 aromatic carbocycles. The number of carbonyl (C=O) groups is 1. The highest BCUT2D eigenvalue weighted by molar-refractivity contribution is 5.96. The van der Waals surface area contributed by atoms with Crippen LogP contribution in [0, 0.1) is 12.8 Å². The van der Waals surface area contributed by atoms with Gasteiger partial charge >= 0.3 is 0 Å². The smallest absolute Gasteiger partial charge is 0.251 e. The standard InChI is InChI=1S/C17H27N3O/c1-13(12-20-8-4-3-5-9-20)11-19-17(21)16-10-15(18)7-6-14(16)2/h6-7,10,13H,3-5,8-9,11-12,18H2,1-2H3,(H,19,21). The van der Waals surface area contributed by atoms with Crippen molar-refractivity contribution < 1.29 is 4.79 Å². The first kappa shape index (κ1) is 15.8. The van der Waals surface area contributed by atoms with Crippen LogP contribution in [0.1, 0.15) is 42.1 Å². The fraction of sp³-hybridized carbons (Fsp3) is 0.588. The normalized spacial score (nSPS) is 17.4. The third-order valence-electron chi connectivity index (χ3n) is 4.14. The summed E-state index contributed by atoms with van der Waals surface area (Å²) in [5.41, 5.74) is 8.03. The van der Waals surface area contributed by atoms with Crippen molar-refractivity contribution >= 4 is 11.6 Å². The lowest BCUT2D eigenvalue weighted by Gasteiger charge is -2.29. The van der Waals surface area contributed by atoms with Gasteiger partial charge in [-0.05, 0) is 56.5 Å². The number of likely N-dealkylation sites (tertiary alicyclic amines) is 1. The SMILES string of the molecule is Cc1ccc(N)cc1C(=O)NCC(C)CN1CCCCC1. The summed E-state index contributed by atoms with van der Waals surface area (Å²) in [5.74, 6) is 0.443. The van der Waals surface area contributed by atoms with Crippen molar-refractivity contribution in [1.82, 2.24) is 10.2 Å². The van der Waals surface area contributed by atoms with E-state index in [1.54, 1.807) is 6.07 Å². The third-order valence-corrected chi connectivity index (χ3v) is 4.14. The molecule has 1 amide bonds. The first-order valence-corrected chi connectivity index (χ1v) is 7.93. The predicted molar refractivity (Wildman–Crippen MR) is 87.4 cm³/mol. The molecule has 116 valence electrons. The number of nitrogen functional groups attached to an aromatic ring is 1. The molecule has 2 rings (SSSR count). The van der Waals surface area contributed by atoms with Gasteiger partial charge in [0.15, 0.2) is 0 Å². The van der Waals surface area contributed by atoms with E-state index in [2.05, 4.69) is 17.1 Å². The third kappa shape index (κ3) is 4.74. The van der Waals surface area contributed by atoms with E-state index >= 15 is 0 Å². The molecule has 1 aliphatic rings. The molecule has 1 saturated heterocycles. The molecular formula is C17H27N3O. The second-order valence-electron chi connectivity index (χ2n) is 6.25. The summed E-state index contributed by atoms with van der Waals surface area (Å²) in [6.07, 6.45) is 3.97. The number of amides is 1. The van der Waals surface area contributed by atoms with Crippen LogP contribution in [0.5, 0.6) is 0 Å². The molecule has 0 bridgehead atoms. The molecule has 0 aliphatic carbocycles. The number of nitrogens with two attached hydrogens (primary N) is 1. The molecule has 1 aromatic rings. The van der Waals surface area contributed by atoms with Gasteiger partial charge in [-0.3, -0.25) is 4.79 Å². The predicted octanol–water partition coefficient (Wildman–Crippen LogP) is 2.43. The topological polar surface area (TPSA) is 58.4 Å². The molecule has 4 nitrogen and oxygen atoms in total. The first-order chi connectivity index (χ1) is 10.1. The van der Waals surface area contributed by atoms with Crippen LogP contribution >= 0.6 is 0 Å². The summed E-state index contributed by atoms with van der Waals surface area (Å²) >= 11 is 0. The second-order valence-corrected chi connectivity index (χ2v) is 6.25. The average molecular weight is 289 g/mol. The molecule has 0 saturated carbocycles. The Balaban J connectivity index is 1.81. The fourth-order valence-corrected chi connectivity index (χ4v) is 2.89. The number of carbonyl (C=O) groups excluding carboxylic acids is 1. The lowest BCUT2D eigenvalue weighted by atomic mass is 10.1. The Kier molecular flexibility index (Phi) is 5.62. The van der Waals surface area contributed by atoms with Crippen molar-refractivity contribution in [1.29, 1.82) is 0 Å². The van der Waals surface area contributed by atoms with Crippen LogP contribution in [0.4, 0.5) is 5.69 Å². The second kappa shape index (κ2) is 7.46. The Hall–Kier alpha value is -1.55. The highest BCUT2D eigenvalue weighted by Gasteiger charge is 2.15. The average Bonchev–Trinajstić information content (AvgIpc) is 2.48. The molecule has 1 heterocycles. The number of nitrogens with zero attached hydrogens (tertiary/aromatic N) is 1. The fourth-order valence-electron chi connectivity index (χ4n) is 2.89. The van der Waals surface area contributed by atoms with Crippen molar-refractivity contribution in [3.05, 3.63) is 29.3 Å². The van der Waals surface area contributed by atoms with Gasteiger partial charge < -0.3 is 16.0 Å². The largest absolute Gasteiger partial charge is 0.399 e. The number of anilines is 1. The van der Waals surface area contributed by atoms with Crippen molar-refractivity contribution in [2.75, 3.05) is 31.9 Å². The lowest BCUT2D eigenvalue weighted by Crippen LogP contribution is -2.38. The van der Waals surface area contributed by atoms with Crippen LogP contribution in [-0.2, 0) is 0 Å². The van der Waals surface area contributed by atoms with Gasteiger partial charge in [-0.1, -0.05) is 19.4 Å². The number of rotatable bonds is 5. The molecule has 0 aromatic heterocycles. The van der Waals surface area contributed by atoms with Gasteiger partial charge in [0.1, 0.15) is 0 Å².